The third-order valence-electron chi connectivity index (χ3n) is 11.7. The van der Waals surface area contributed by atoms with Crippen molar-refractivity contribution in [3.63, 3.8) is 0 Å². The van der Waals surface area contributed by atoms with Gasteiger partial charge in [-0.25, -0.2) is 9.97 Å². The molecular formula is C58H40N4. The molecule has 0 atom stereocenters. The van der Waals surface area contributed by atoms with Gasteiger partial charge in [0.15, 0.2) is 5.82 Å². The van der Waals surface area contributed by atoms with Crippen LogP contribution in [0.4, 0.5) is 17.1 Å². The van der Waals surface area contributed by atoms with E-state index in [4.69, 9.17) is 0 Å². The fraction of sp³-hybridized carbons (Fsp3) is 0. The number of hydrogen-bond acceptors (Lipinski definition) is 3. The normalized spacial score (nSPS) is 11.2. The summed E-state index contributed by atoms with van der Waals surface area (Å²) in [6.07, 6.45) is 3.56. The van der Waals surface area contributed by atoms with Gasteiger partial charge in [-0.1, -0.05) is 146 Å². The SMILES string of the molecule is c1ccc(-c2ccc(N(c3ccc(-c4ncccn4)cc3)c3ccc(-n4c5cccc(-c6ccccc6)c5c5cc(-c6ccccc6)cc(-c6ccccc6)c54)cc3)cc2)cc1. The molecule has 0 radical (unpaired) electrons. The highest BCUT2D eigenvalue weighted by molar-refractivity contribution is 6.20. The average Bonchev–Trinajstić information content (AvgIpc) is 3.70. The fourth-order valence-corrected chi connectivity index (χ4v) is 8.80. The smallest absolute Gasteiger partial charge is 0.159 e. The molecule has 0 aliphatic carbocycles. The van der Waals surface area contributed by atoms with E-state index in [0.717, 1.165) is 33.8 Å². The summed E-state index contributed by atoms with van der Waals surface area (Å²) in [5.74, 6) is 0.703. The Kier molecular flexibility index (Phi) is 9.49. The van der Waals surface area contributed by atoms with Crippen LogP contribution >= 0.6 is 0 Å². The van der Waals surface area contributed by atoms with Gasteiger partial charge in [0, 0.05) is 57.0 Å². The predicted octanol–water partition coefficient (Wildman–Crippen LogP) is 15.4. The van der Waals surface area contributed by atoms with E-state index in [-0.39, 0.29) is 0 Å². The van der Waals surface area contributed by atoms with Gasteiger partial charge in [0.2, 0.25) is 0 Å². The first-order valence-electron chi connectivity index (χ1n) is 21.0. The van der Waals surface area contributed by atoms with Gasteiger partial charge in [0.1, 0.15) is 0 Å². The molecule has 0 aliphatic rings. The van der Waals surface area contributed by atoms with Crippen molar-refractivity contribution in [2.75, 3.05) is 4.90 Å². The molecule has 292 valence electrons. The lowest BCUT2D eigenvalue weighted by molar-refractivity contribution is 1.17. The van der Waals surface area contributed by atoms with Gasteiger partial charge in [0.05, 0.1) is 11.0 Å². The van der Waals surface area contributed by atoms with Gasteiger partial charge in [-0.2, -0.15) is 0 Å². The third-order valence-corrected chi connectivity index (χ3v) is 11.7. The number of benzene rings is 9. The summed E-state index contributed by atoms with van der Waals surface area (Å²) in [6.45, 7) is 0. The molecule has 0 saturated heterocycles. The minimum absolute atomic E-state index is 0.703. The zero-order valence-electron chi connectivity index (χ0n) is 33.9. The largest absolute Gasteiger partial charge is 0.311 e. The van der Waals surface area contributed by atoms with Gasteiger partial charge in [-0.05, 0) is 124 Å². The van der Waals surface area contributed by atoms with Crippen LogP contribution in [0.25, 0.3) is 83.4 Å². The number of hydrogen-bond donors (Lipinski definition) is 0. The highest BCUT2D eigenvalue weighted by atomic mass is 15.1. The van der Waals surface area contributed by atoms with Crippen LogP contribution in [0.15, 0.2) is 243 Å². The van der Waals surface area contributed by atoms with Crippen molar-refractivity contribution in [3.8, 4) is 61.6 Å². The number of anilines is 3. The van der Waals surface area contributed by atoms with E-state index in [1.165, 1.54) is 60.8 Å². The molecule has 4 heteroatoms. The van der Waals surface area contributed by atoms with E-state index in [2.05, 4.69) is 244 Å². The molecule has 2 heterocycles. The highest BCUT2D eigenvalue weighted by Crippen LogP contribution is 2.45. The molecule has 11 aromatic rings. The lowest BCUT2D eigenvalue weighted by Gasteiger charge is -2.26. The lowest BCUT2D eigenvalue weighted by Crippen LogP contribution is -2.10. The van der Waals surface area contributed by atoms with Gasteiger partial charge in [-0.15, -0.1) is 0 Å². The van der Waals surface area contributed by atoms with Gasteiger partial charge < -0.3 is 9.47 Å². The van der Waals surface area contributed by atoms with Crippen molar-refractivity contribution >= 4 is 38.9 Å². The summed E-state index contributed by atoms with van der Waals surface area (Å²) >= 11 is 0. The second kappa shape index (κ2) is 16.0. The number of aromatic nitrogens is 3. The summed E-state index contributed by atoms with van der Waals surface area (Å²) in [5.41, 5.74) is 17.0. The number of nitrogens with zero attached hydrogens (tertiary/aromatic N) is 4. The molecular weight excluding hydrogens is 753 g/mol. The molecule has 0 spiro atoms. The Morgan fingerprint density at radius 3 is 1.37 bits per heavy atom. The zero-order chi connectivity index (χ0) is 41.2. The van der Waals surface area contributed by atoms with E-state index in [1.807, 2.05) is 6.07 Å². The summed E-state index contributed by atoms with van der Waals surface area (Å²) in [7, 11) is 0. The molecule has 0 unspecified atom stereocenters. The highest BCUT2D eigenvalue weighted by Gasteiger charge is 2.22. The molecule has 2 aromatic heterocycles. The molecule has 4 nitrogen and oxygen atoms in total. The maximum atomic E-state index is 4.50. The van der Waals surface area contributed by atoms with Crippen molar-refractivity contribution in [2.45, 2.75) is 0 Å². The van der Waals surface area contributed by atoms with Crippen molar-refractivity contribution in [1.82, 2.24) is 14.5 Å². The Bertz CT molecular complexity index is 3190. The van der Waals surface area contributed by atoms with Crippen molar-refractivity contribution in [3.05, 3.63) is 243 Å². The lowest BCUT2D eigenvalue weighted by atomic mass is 9.93. The Hall–Kier alpha value is -8.34. The van der Waals surface area contributed by atoms with Crippen molar-refractivity contribution in [1.29, 1.82) is 0 Å². The minimum atomic E-state index is 0.703. The topological polar surface area (TPSA) is 34.0 Å². The van der Waals surface area contributed by atoms with Crippen LogP contribution in [-0.2, 0) is 0 Å². The van der Waals surface area contributed by atoms with E-state index < -0.39 is 0 Å². The van der Waals surface area contributed by atoms with Crippen LogP contribution in [0.2, 0.25) is 0 Å². The second-order valence-electron chi connectivity index (χ2n) is 15.4. The Morgan fingerprint density at radius 1 is 0.339 bits per heavy atom. The zero-order valence-corrected chi connectivity index (χ0v) is 33.9. The van der Waals surface area contributed by atoms with Crippen LogP contribution in [0.3, 0.4) is 0 Å². The molecule has 0 N–H and O–H groups in total. The van der Waals surface area contributed by atoms with Gasteiger partial charge >= 0.3 is 0 Å². The molecule has 0 amide bonds. The summed E-state index contributed by atoms with van der Waals surface area (Å²) in [6, 6.07) is 82.5. The quantitative estimate of drug-likeness (QED) is 0.146. The molecule has 11 rings (SSSR count). The standard InChI is InChI=1S/C58H40N4/c1-5-15-41(16-6-1)43-25-29-48(30-26-43)61(49-31-27-46(28-32-49)58-59-37-14-38-60-58)50-33-35-51(36-34-50)62-55-24-13-23-52(44-19-9-3-10-20-44)56(55)54-40-47(42-17-7-2-8-18-42)39-53(57(54)62)45-21-11-4-12-22-45/h1-40H. The molecule has 62 heavy (non-hydrogen) atoms. The second-order valence-corrected chi connectivity index (χ2v) is 15.4. The van der Waals surface area contributed by atoms with Crippen LogP contribution in [-0.4, -0.2) is 14.5 Å². The van der Waals surface area contributed by atoms with Crippen LogP contribution in [0.5, 0.6) is 0 Å². The summed E-state index contributed by atoms with van der Waals surface area (Å²) in [5, 5.41) is 2.45. The van der Waals surface area contributed by atoms with E-state index in [9.17, 15) is 0 Å². The molecule has 9 aromatic carbocycles. The Balaban J connectivity index is 1.10. The maximum Gasteiger partial charge on any atom is 0.159 e. The third kappa shape index (κ3) is 6.80. The monoisotopic (exact) mass is 792 g/mol. The molecule has 0 fully saturated rings. The van der Waals surface area contributed by atoms with Crippen molar-refractivity contribution < 1.29 is 0 Å². The maximum absolute atomic E-state index is 4.50. The Morgan fingerprint density at radius 2 is 0.806 bits per heavy atom. The Labute approximate surface area is 361 Å². The first-order chi connectivity index (χ1) is 30.8. The number of fused-ring (bicyclic) bond motifs is 3. The van der Waals surface area contributed by atoms with E-state index in [0.29, 0.717) is 5.82 Å². The van der Waals surface area contributed by atoms with Crippen molar-refractivity contribution in [2.24, 2.45) is 0 Å². The minimum Gasteiger partial charge on any atom is -0.311 e. The van der Waals surface area contributed by atoms with E-state index >= 15 is 0 Å². The molecule has 0 bridgehead atoms. The summed E-state index contributed by atoms with van der Waals surface area (Å²) < 4.78 is 2.46. The van der Waals surface area contributed by atoms with E-state index in [1.54, 1.807) is 12.4 Å². The molecule has 0 aliphatic heterocycles. The predicted molar refractivity (Wildman–Crippen MR) is 258 cm³/mol. The van der Waals surface area contributed by atoms with Crippen LogP contribution in [0, 0.1) is 0 Å². The molecule has 0 saturated carbocycles. The first kappa shape index (κ1) is 36.7. The number of rotatable bonds is 9. The van der Waals surface area contributed by atoms with Crippen LogP contribution < -0.4 is 4.90 Å². The first-order valence-corrected chi connectivity index (χ1v) is 21.0. The van der Waals surface area contributed by atoms with Crippen LogP contribution in [0.1, 0.15) is 0 Å². The average molecular weight is 793 g/mol. The van der Waals surface area contributed by atoms with Gasteiger partial charge in [-0.3, -0.25) is 0 Å². The summed E-state index contributed by atoms with van der Waals surface area (Å²) in [4.78, 5) is 11.3. The van der Waals surface area contributed by atoms with Gasteiger partial charge in [0.25, 0.3) is 0 Å². The fourth-order valence-electron chi connectivity index (χ4n) is 8.80.